The second-order valence-electron chi connectivity index (χ2n) is 8.79. The molecule has 2 heterocycles. The first-order chi connectivity index (χ1) is 16.5. The van der Waals surface area contributed by atoms with Crippen molar-refractivity contribution >= 4 is 5.91 Å². The summed E-state index contributed by atoms with van der Waals surface area (Å²) in [6, 6.07) is 17.7. The van der Waals surface area contributed by atoms with E-state index in [9.17, 15) is 9.59 Å². The van der Waals surface area contributed by atoms with Gasteiger partial charge in [0.15, 0.2) is 5.82 Å². The third-order valence-electron chi connectivity index (χ3n) is 5.79. The standard InChI is InChI=1S/C26H31N5O3/c1-19(2)34-22-10-6-9-21(17-22)25-27-26(33)23(28-29-25)11-12-24(32)31-15-13-30(14-16-31)18-20-7-4-3-5-8-20/h3-10,17,19H,11-16,18H2,1-2H3,(H,27,29,33). The number of H-pyrrole nitrogens is 1. The van der Waals surface area contributed by atoms with E-state index in [2.05, 4.69) is 32.2 Å². The van der Waals surface area contributed by atoms with Crippen molar-refractivity contribution in [2.24, 2.45) is 0 Å². The monoisotopic (exact) mass is 461 g/mol. The van der Waals surface area contributed by atoms with Crippen molar-refractivity contribution < 1.29 is 9.53 Å². The Labute approximate surface area is 199 Å². The molecule has 1 amide bonds. The largest absolute Gasteiger partial charge is 0.491 e. The van der Waals surface area contributed by atoms with Crippen LogP contribution >= 0.6 is 0 Å². The van der Waals surface area contributed by atoms with Crippen LogP contribution < -0.4 is 10.3 Å². The van der Waals surface area contributed by atoms with Crippen LogP contribution in [0.2, 0.25) is 0 Å². The molecule has 1 N–H and O–H groups in total. The SMILES string of the molecule is CC(C)Oc1cccc(-c2nnc(CCC(=O)N3CCN(Cc4ccccc4)CC3)c(=O)[nH]2)c1. The number of benzene rings is 2. The average Bonchev–Trinajstić information content (AvgIpc) is 2.84. The Hall–Kier alpha value is -3.52. The molecular weight excluding hydrogens is 430 g/mol. The van der Waals surface area contributed by atoms with Gasteiger partial charge in [0.2, 0.25) is 5.91 Å². The third-order valence-corrected chi connectivity index (χ3v) is 5.79. The summed E-state index contributed by atoms with van der Waals surface area (Å²) in [4.78, 5) is 32.3. The summed E-state index contributed by atoms with van der Waals surface area (Å²) in [6.07, 6.45) is 0.558. The Morgan fingerprint density at radius 2 is 1.79 bits per heavy atom. The number of hydrogen-bond acceptors (Lipinski definition) is 6. The topological polar surface area (TPSA) is 91.4 Å². The average molecular weight is 462 g/mol. The fourth-order valence-corrected chi connectivity index (χ4v) is 4.02. The van der Waals surface area contributed by atoms with Gasteiger partial charge in [-0.3, -0.25) is 14.5 Å². The molecule has 0 bridgehead atoms. The zero-order valence-corrected chi connectivity index (χ0v) is 19.7. The third kappa shape index (κ3) is 6.29. The molecule has 0 saturated carbocycles. The molecule has 0 atom stereocenters. The molecule has 2 aromatic carbocycles. The van der Waals surface area contributed by atoms with E-state index in [4.69, 9.17) is 4.74 Å². The molecule has 178 valence electrons. The van der Waals surface area contributed by atoms with Crippen LogP contribution in [0.4, 0.5) is 0 Å². The Bertz CT molecular complexity index is 1150. The van der Waals surface area contributed by atoms with Crippen molar-refractivity contribution in [3.05, 3.63) is 76.2 Å². The van der Waals surface area contributed by atoms with Gasteiger partial charge in [0.1, 0.15) is 11.4 Å². The maximum absolute atomic E-state index is 12.7. The van der Waals surface area contributed by atoms with Crippen LogP contribution in [0.1, 0.15) is 31.5 Å². The summed E-state index contributed by atoms with van der Waals surface area (Å²) in [5.74, 6) is 1.13. The highest BCUT2D eigenvalue weighted by molar-refractivity contribution is 5.76. The minimum absolute atomic E-state index is 0.0446. The van der Waals surface area contributed by atoms with Gasteiger partial charge in [-0.15, -0.1) is 10.2 Å². The number of hydrogen-bond donors (Lipinski definition) is 1. The first kappa shape index (κ1) is 23.6. The minimum Gasteiger partial charge on any atom is -0.491 e. The Morgan fingerprint density at radius 3 is 2.50 bits per heavy atom. The highest BCUT2D eigenvalue weighted by Gasteiger charge is 2.21. The van der Waals surface area contributed by atoms with Crippen LogP contribution in [-0.2, 0) is 17.8 Å². The maximum atomic E-state index is 12.7. The lowest BCUT2D eigenvalue weighted by Gasteiger charge is -2.34. The fourth-order valence-electron chi connectivity index (χ4n) is 4.02. The molecule has 4 rings (SSSR count). The number of ether oxygens (including phenoxy) is 1. The second kappa shape index (κ2) is 11.1. The van der Waals surface area contributed by atoms with Crippen LogP contribution in [0.15, 0.2) is 59.4 Å². The zero-order valence-electron chi connectivity index (χ0n) is 19.7. The number of rotatable bonds is 8. The molecule has 3 aromatic rings. The molecule has 0 aliphatic carbocycles. The van der Waals surface area contributed by atoms with Crippen molar-refractivity contribution in [3.63, 3.8) is 0 Å². The molecule has 8 nitrogen and oxygen atoms in total. The van der Waals surface area contributed by atoms with Crippen LogP contribution in [0.5, 0.6) is 5.75 Å². The number of nitrogens with one attached hydrogen (secondary N) is 1. The second-order valence-corrected chi connectivity index (χ2v) is 8.79. The molecule has 1 aliphatic rings. The van der Waals surface area contributed by atoms with Gasteiger partial charge < -0.3 is 14.6 Å². The first-order valence-electron chi connectivity index (χ1n) is 11.7. The number of aromatic amines is 1. The summed E-state index contributed by atoms with van der Waals surface area (Å²) < 4.78 is 5.70. The van der Waals surface area contributed by atoms with E-state index in [1.807, 2.05) is 61.2 Å². The summed E-state index contributed by atoms with van der Waals surface area (Å²) in [5.41, 5.74) is 1.96. The van der Waals surface area contributed by atoms with Crippen molar-refractivity contribution in [2.75, 3.05) is 26.2 Å². The number of aromatic nitrogens is 3. The van der Waals surface area contributed by atoms with E-state index in [-0.39, 0.29) is 36.1 Å². The van der Waals surface area contributed by atoms with E-state index in [0.29, 0.717) is 24.7 Å². The number of amides is 1. The quantitative estimate of drug-likeness (QED) is 0.555. The molecular formula is C26H31N5O3. The summed E-state index contributed by atoms with van der Waals surface area (Å²) >= 11 is 0. The fraction of sp³-hybridized carbons (Fsp3) is 0.385. The van der Waals surface area contributed by atoms with Crippen LogP contribution in [0.3, 0.4) is 0 Å². The van der Waals surface area contributed by atoms with Crippen LogP contribution in [-0.4, -0.2) is 63.2 Å². The van der Waals surface area contributed by atoms with E-state index >= 15 is 0 Å². The van der Waals surface area contributed by atoms with Gasteiger partial charge in [-0.2, -0.15) is 0 Å². The molecule has 0 radical (unpaired) electrons. The minimum atomic E-state index is -0.319. The number of nitrogens with zero attached hydrogens (tertiary/aromatic N) is 4. The molecule has 34 heavy (non-hydrogen) atoms. The van der Waals surface area contributed by atoms with E-state index in [1.54, 1.807) is 0 Å². The molecule has 1 fully saturated rings. The van der Waals surface area contributed by atoms with Gasteiger partial charge in [-0.1, -0.05) is 42.5 Å². The number of carbonyl (C=O) groups excluding carboxylic acids is 1. The highest BCUT2D eigenvalue weighted by Crippen LogP contribution is 2.21. The lowest BCUT2D eigenvalue weighted by Crippen LogP contribution is -2.48. The van der Waals surface area contributed by atoms with E-state index < -0.39 is 0 Å². The van der Waals surface area contributed by atoms with Crippen molar-refractivity contribution in [1.29, 1.82) is 0 Å². The molecule has 1 saturated heterocycles. The van der Waals surface area contributed by atoms with Gasteiger partial charge in [0, 0.05) is 51.1 Å². The van der Waals surface area contributed by atoms with Crippen LogP contribution in [0, 0.1) is 0 Å². The predicted octanol–water partition coefficient (Wildman–Crippen LogP) is 2.90. The molecule has 1 aromatic heterocycles. The zero-order chi connectivity index (χ0) is 23.9. The van der Waals surface area contributed by atoms with Crippen LogP contribution in [0.25, 0.3) is 11.4 Å². The molecule has 0 spiro atoms. The van der Waals surface area contributed by atoms with Crippen molar-refractivity contribution in [2.45, 2.75) is 39.3 Å². The lowest BCUT2D eigenvalue weighted by molar-refractivity contribution is -0.133. The molecule has 1 aliphatic heterocycles. The predicted molar refractivity (Wildman–Crippen MR) is 130 cm³/mol. The number of aryl methyl sites for hydroxylation is 1. The maximum Gasteiger partial charge on any atom is 0.273 e. The van der Waals surface area contributed by atoms with Gasteiger partial charge in [0.25, 0.3) is 5.56 Å². The summed E-state index contributed by atoms with van der Waals surface area (Å²) in [6.45, 7) is 7.88. The van der Waals surface area contributed by atoms with Gasteiger partial charge in [0.05, 0.1) is 6.10 Å². The van der Waals surface area contributed by atoms with Crippen molar-refractivity contribution in [3.8, 4) is 17.1 Å². The summed E-state index contributed by atoms with van der Waals surface area (Å²) in [7, 11) is 0. The van der Waals surface area contributed by atoms with Crippen molar-refractivity contribution in [1.82, 2.24) is 25.0 Å². The summed E-state index contributed by atoms with van der Waals surface area (Å²) in [5, 5.41) is 8.29. The Kier molecular flexibility index (Phi) is 7.69. The van der Waals surface area contributed by atoms with Gasteiger partial charge >= 0.3 is 0 Å². The highest BCUT2D eigenvalue weighted by atomic mass is 16.5. The number of piperazine rings is 1. The number of carbonyl (C=O) groups is 1. The Balaban J connectivity index is 1.29. The lowest BCUT2D eigenvalue weighted by atomic mass is 10.1. The normalized spacial score (nSPS) is 14.4. The molecule has 0 unspecified atom stereocenters. The smallest absolute Gasteiger partial charge is 0.273 e. The first-order valence-corrected chi connectivity index (χ1v) is 11.7. The Morgan fingerprint density at radius 1 is 1.03 bits per heavy atom. The van der Waals surface area contributed by atoms with E-state index in [1.165, 1.54) is 5.56 Å². The van der Waals surface area contributed by atoms with Gasteiger partial charge in [-0.05, 0) is 31.5 Å². The van der Waals surface area contributed by atoms with E-state index in [0.717, 1.165) is 25.2 Å². The van der Waals surface area contributed by atoms with Gasteiger partial charge in [-0.25, -0.2) is 0 Å². The molecule has 8 heteroatoms.